The first-order chi connectivity index (χ1) is 18.3. The van der Waals surface area contributed by atoms with Crippen LogP contribution in [0.5, 0.6) is 0 Å². The van der Waals surface area contributed by atoms with Crippen molar-refractivity contribution in [2.45, 2.75) is 149 Å². The molecule has 4 fully saturated rings. The second kappa shape index (κ2) is 13.9. The lowest BCUT2D eigenvalue weighted by atomic mass is 9.47. The van der Waals surface area contributed by atoms with E-state index in [0.717, 1.165) is 37.1 Å². The normalized spacial score (nSPS) is 42.6. The van der Waals surface area contributed by atoms with Crippen LogP contribution in [-0.4, -0.2) is 40.2 Å². The van der Waals surface area contributed by atoms with Crippen molar-refractivity contribution in [3.05, 3.63) is 0 Å². The fourth-order valence-corrected chi connectivity index (χ4v) is 10.4. The first-order valence-corrected chi connectivity index (χ1v) is 17.2. The van der Waals surface area contributed by atoms with Crippen molar-refractivity contribution in [1.29, 1.82) is 0 Å². The zero-order valence-corrected chi connectivity index (χ0v) is 26.0. The predicted molar refractivity (Wildman–Crippen MR) is 161 cm³/mol. The van der Waals surface area contributed by atoms with Crippen LogP contribution >= 0.6 is 12.1 Å². The number of aliphatic hydroxyl groups excluding tert-OH is 1. The number of fused-ring (bicyclic) bond motifs is 3. The van der Waals surface area contributed by atoms with Crippen LogP contribution in [0.25, 0.3) is 0 Å². The number of rotatable bonds is 7. The quantitative estimate of drug-likeness (QED) is 0.223. The number of hydrogen-bond donors (Lipinski definition) is 3. The zero-order chi connectivity index (χ0) is 27.3. The van der Waals surface area contributed by atoms with E-state index in [2.05, 4.69) is 49.0 Å². The molecule has 0 bridgehead atoms. The Kier molecular flexibility index (Phi) is 11.2. The highest BCUT2D eigenvalue weighted by Gasteiger charge is 2.55. The third-order valence-corrected chi connectivity index (χ3v) is 13.0. The standard InChI is InChI=1S/C32H59N3O2S/c1-6-26-28-17-7-8-20-32(28,5)29-19-18-22(2)25(14-10-16-27(29)30(26)36)15-11-21-33-31(37)34-38-35-23(3)12-9-13-24(35)4/h22-30,36H,6-21H2,1-5H3,(H2,33,34,37)/t22-,23-,24+,25?,26+,27?,28-,29?,30+,32-/m0/s1. The minimum atomic E-state index is -0.0930. The Morgan fingerprint density at radius 1 is 0.947 bits per heavy atom. The molecule has 1 saturated heterocycles. The molecule has 0 aromatic carbocycles. The molecule has 1 heterocycles. The van der Waals surface area contributed by atoms with Gasteiger partial charge in [0.15, 0.2) is 0 Å². The summed E-state index contributed by atoms with van der Waals surface area (Å²) in [4.78, 5) is 12.4. The van der Waals surface area contributed by atoms with E-state index in [1.165, 1.54) is 95.6 Å². The van der Waals surface area contributed by atoms with Crippen LogP contribution in [0.1, 0.15) is 131 Å². The highest BCUT2D eigenvalue weighted by molar-refractivity contribution is 7.95. The van der Waals surface area contributed by atoms with E-state index in [1.807, 2.05) is 0 Å². The summed E-state index contributed by atoms with van der Waals surface area (Å²) in [5.74, 6) is 3.89. The maximum atomic E-state index is 12.4. The number of amides is 2. The Morgan fingerprint density at radius 3 is 2.42 bits per heavy atom. The average molecular weight is 550 g/mol. The summed E-state index contributed by atoms with van der Waals surface area (Å²) >= 11 is 1.49. The molecule has 38 heavy (non-hydrogen) atoms. The maximum Gasteiger partial charge on any atom is 0.325 e. The Bertz CT molecular complexity index is 742. The number of piperidine rings is 1. The van der Waals surface area contributed by atoms with E-state index in [0.29, 0.717) is 35.3 Å². The Hall–Kier alpha value is -0.460. The van der Waals surface area contributed by atoms with Crippen molar-refractivity contribution in [2.24, 2.45) is 40.9 Å². The molecule has 1 aliphatic heterocycles. The molecular formula is C32H59N3O2S. The third-order valence-electron chi connectivity index (χ3n) is 11.8. The molecule has 0 spiro atoms. The molecule has 6 heteroatoms. The van der Waals surface area contributed by atoms with Gasteiger partial charge in [-0.1, -0.05) is 65.7 Å². The number of carbonyl (C=O) groups is 1. The smallest absolute Gasteiger partial charge is 0.325 e. The van der Waals surface area contributed by atoms with E-state index in [1.54, 1.807) is 0 Å². The molecule has 0 radical (unpaired) electrons. The topological polar surface area (TPSA) is 64.6 Å². The third kappa shape index (κ3) is 6.87. The van der Waals surface area contributed by atoms with Crippen LogP contribution in [0.4, 0.5) is 4.79 Å². The van der Waals surface area contributed by atoms with Crippen LogP contribution in [0.3, 0.4) is 0 Å². The molecule has 5 nitrogen and oxygen atoms in total. The summed E-state index contributed by atoms with van der Waals surface area (Å²) in [6.07, 6.45) is 18.8. The molecule has 2 amide bonds. The van der Waals surface area contributed by atoms with Crippen LogP contribution < -0.4 is 10.0 Å². The summed E-state index contributed by atoms with van der Waals surface area (Å²) < 4.78 is 5.37. The molecular weight excluding hydrogens is 490 g/mol. The van der Waals surface area contributed by atoms with Gasteiger partial charge in [-0.3, -0.25) is 4.72 Å². The van der Waals surface area contributed by atoms with Crippen molar-refractivity contribution in [3.63, 3.8) is 0 Å². The lowest BCUT2D eigenvalue weighted by molar-refractivity contribution is -0.148. The van der Waals surface area contributed by atoms with Crippen LogP contribution in [0.15, 0.2) is 0 Å². The number of carbonyl (C=O) groups excluding carboxylic acids is 1. The summed E-state index contributed by atoms with van der Waals surface area (Å²) in [5, 5.41) is 14.7. The number of nitrogens with zero attached hydrogens (tertiary/aromatic N) is 1. The minimum Gasteiger partial charge on any atom is -0.393 e. The van der Waals surface area contributed by atoms with Crippen molar-refractivity contribution < 1.29 is 9.90 Å². The maximum absolute atomic E-state index is 12.4. The van der Waals surface area contributed by atoms with Crippen molar-refractivity contribution in [2.75, 3.05) is 6.54 Å². The fraction of sp³-hybridized carbons (Fsp3) is 0.969. The van der Waals surface area contributed by atoms with Crippen LogP contribution in [0.2, 0.25) is 0 Å². The molecule has 3 aliphatic carbocycles. The van der Waals surface area contributed by atoms with Crippen molar-refractivity contribution in [3.8, 4) is 0 Å². The molecule has 220 valence electrons. The monoisotopic (exact) mass is 549 g/mol. The fourth-order valence-electron chi connectivity index (χ4n) is 9.55. The van der Waals surface area contributed by atoms with E-state index in [-0.39, 0.29) is 12.1 Å². The first kappa shape index (κ1) is 30.5. The van der Waals surface area contributed by atoms with Gasteiger partial charge < -0.3 is 10.4 Å². The lowest BCUT2D eigenvalue weighted by Gasteiger charge is -2.59. The molecule has 0 aromatic heterocycles. The highest BCUT2D eigenvalue weighted by atomic mass is 32.2. The second-order valence-electron chi connectivity index (χ2n) is 14.0. The molecule has 10 atom stereocenters. The van der Waals surface area contributed by atoms with Gasteiger partial charge in [-0.2, -0.15) is 0 Å². The zero-order valence-electron chi connectivity index (χ0n) is 25.2. The predicted octanol–water partition coefficient (Wildman–Crippen LogP) is 7.94. The van der Waals surface area contributed by atoms with Crippen molar-refractivity contribution in [1.82, 2.24) is 14.3 Å². The Labute approximate surface area is 238 Å². The van der Waals surface area contributed by atoms with Crippen molar-refractivity contribution >= 4 is 18.2 Å². The van der Waals surface area contributed by atoms with E-state index in [9.17, 15) is 9.90 Å². The number of aliphatic hydroxyl groups is 1. The van der Waals surface area contributed by atoms with Gasteiger partial charge >= 0.3 is 6.03 Å². The number of urea groups is 1. The number of nitrogens with one attached hydrogen (secondary N) is 2. The minimum absolute atomic E-state index is 0.0543. The summed E-state index contributed by atoms with van der Waals surface area (Å²) in [6.45, 7) is 12.7. The van der Waals surface area contributed by atoms with E-state index in [4.69, 9.17) is 0 Å². The molecule has 3 saturated carbocycles. The largest absolute Gasteiger partial charge is 0.393 e. The molecule has 0 aromatic rings. The Balaban J connectivity index is 1.25. The molecule has 3 N–H and O–H groups in total. The van der Waals surface area contributed by atoms with Gasteiger partial charge in [-0.15, -0.1) is 0 Å². The van der Waals surface area contributed by atoms with Gasteiger partial charge in [0.25, 0.3) is 0 Å². The summed E-state index contributed by atoms with van der Waals surface area (Å²) in [6, 6.07) is 0.970. The van der Waals surface area contributed by atoms with Gasteiger partial charge in [0.2, 0.25) is 0 Å². The number of hydrogen-bond acceptors (Lipinski definition) is 4. The van der Waals surface area contributed by atoms with Gasteiger partial charge in [0, 0.05) is 30.8 Å². The van der Waals surface area contributed by atoms with E-state index >= 15 is 0 Å². The van der Waals surface area contributed by atoms with Gasteiger partial charge in [0.1, 0.15) is 0 Å². The Morgan fingerprint density at radius 2 is 1.68 bits per heavy atom. The molecule has 4 rings (SSSR count). The summed E-state index contributed by atoms with van der Waals surface area (Å²) in [7, 11) is 0. The molecule has 4 aliphatic rings. The van der Waals surface area contributed by atoms with Gasteiger partial charge in [0.05, 0.1) is 6.10 Å². The van der Waals surface area contributed by atoms with Gasteiger partial charge in [-0.25, -0.2) is 9.10 Å². The molecule has 3 unspecified atom stereocenters. The first-order valence-electron chi connectivity index (χ1n) is 16.4. The SMILES string of the molecule is CC[C@H]1[C@@H](O)C2CCCC(CCCNC(=O)NSN3[C@H](C)CCC[C@@H]3C)[C@@H](C)CCC2[C@@]2(C)CCCC[C@@H]12. The lowest BCUT2D eigenvalue weighted by Crippen LogP contribution is -2.55. The van der Waals surface area contributed by atoms with Gasteiger partial charge in [-0.05, 0) is 106 Å². The second-order valence-corrected chi connectivity index (χ2v) is 14.8. The van der Waals surface area contributed by atoms with E-state index < -0.39 is 0 Å². The summed E-state index contributed by atoms with van der Waals surface area (Å²) in [5.41, 5.74) is 0.432. The highest BCUT2D eigenvalue weighted by Crippen LogP contribution is 2.60. The van der Waals surface area contributed by atoms with Crippen LogP contribution in [0, 0.1) is 40.9 Å². The average Bonchev–Trinajstić information content (AvgIpc) is 2.97. The van der Waals surface area contributed by atoms with Crippen LogP contribution in [-0.2, 0) is 0 Å².